The first-order chi connectivity index (χ1) is 2.27. The van der Waals surface area contributed by atoms with Crippen LogP contribution >= 0.6 is 0 Å². The Hall–Kier alpha value is 1.32. The van der Waals surface area contributed by atoms with Gasteiger partial charge in [-0.3, -0.25) is 0 Å². The molecule has 0 heterocycles. The molecule has 0 aliphatic carbocycles. The van der Waals surface area contributed by atoms with E-state index in [0.29, 0.717) is 45.9 Å². The molecule has 0 bridgehead atoms. The molecule has 0 aliphatic rings. The molecule has 0 spiro atoms. The summed E-state index contributed by atoms with van der Waals surface area (Å²) >= 11 is 0.708. The van der Waals surface area contributed by atoms with Crippen LogP contribution < -0.4 is 0 Å². The van der Waals surface area contributed by atoms with Crippen LogP contribution in [0, 0.1) is 39.8 Å². The zero-order chi connectivity index (χ0) is 4.28. The molecule has 0 aliphatic heterocycles. The molecule has 0 saturated heterocycles. The topological polar surface area (TPSA) is 9.23 Å². The average Bonchev–Trinajstić information content (AvgIpc) is 1.38. The second-order valence-corrected chi connectivity index (χ2v) is 2.06. The Morgan fingerprint density at radius 2 is 1.80 bits per heavy atom. The second kappa shape index (κ2) is 3.51. The molecular formula is C3H7OPr+2. The minimum atomic E-state index is 0.458. The number of hydrogen-bond donors (Lipinski definition) is 0. The Balaban J connectivity index is 2.54. The Labute approximate surface area is 60.1 Å². The van der Waals surface area contributed by atoms with Gasteiger partial charge in [-0.2, -0.15) is 0 Å². The van der Waals surface area contributed by atoms with Crippen LogP contribution in [0.4, 0.5) is 0 Å². The first-order valence-corrected chi connectivity index (χ1v) is 3.14. The Morgan fingerprint density at radius 1 is 1.60 bits per heavy atom. The van der Waals surface area contributed by atoms with Crippen LogP contribution in [-0.4, -0.2) is 6.10 Å². The summed E-state index contributed by atoms with van der Waals surface area (Å²) in [5.74, 6) is 0. The second-order valence-electron chi connectivity index (χ2n) is 1.18. The SMILES string of the molecule is CC(C)[O][Pr+2]. The molecule has 1 nitrogen and oxygen atoms in total. The third kappa shape index (κ3) is 5.32. The van der Waals surface area contributed by atoms with Crippen LogP contribution in [0.3, 0.4) is 0 Å². The summed E-state index contributed by atoms with van der Waals surface area (Å²) in [5.41, 5.74) is 0. The van der Waals surface area contributed by atoms with E-state index in [1.807, 2.05) is 13.8 Å². The molecule has 0 rings (SSSR count). The normalized spacial score (nSPS) is 9.80. The van der Waals surface area contributed by atoms with E-state index < -0.39 is 0 Å². The van der Waals surface area contributed by atoms with Gasteiger partial charge in [0, 0.05) is 0 Å². The summed E-state index contributed by atoms with van der Waals surface area (Å²) in [4.78, 5) is 0. The monoisotopic (exact) mass is 200 g/mol. The summed E-state index contributed by atoms with van der Waals surface area (Å²) in [7, 11) is 0. The first-order valence-electron chi connectivity index (χ1n) is 1.63. The fraction of sp³-hybridized carbons (Fsp3) is 1.00. The van der Waals surface area contributed by atoms with Gasteiger partial charge in [-0.1, -0.05) is 0 Å². The molecule has 0 N–H and O–H groups in total. The maximum absolute atomic E-state index is 4.92. The van der Waals surface area contributed by atoms with Crippen molar-refractivity contribution < 1.29 is 40.8 Å². The first kappa shape index (κ1) is 6.32. The molecule has 0 atom stereocenters. The molecule has 0 aromatic heterocycles. The van der Waals surface area contributed by atoms with E-state index in [2.05, 4.69) is 0 Å². The fourth-order valence-electron chi connectivity index (χ4n) is 0. The van der Waals surface area contributed by atoms with Gasteiger partial charge < -0.3 is 0 Å². The van der Waals surface area contributed by atoms with Crippen molar-refractivity contribution in [1.29, 1.82) is 0 Å². The van der Waals surface area contributed by atoms with Gasteiger partial charge in [-0.05, 0) is 0 Å². The molecule has 0 aromatic carbocycles. The van der Waals surface area contributed by atoms with Gasteiger partial charge in [0.2, 0.25) is 0 Å². The molecular weight excluding hydrogens is 193 g/mol. The van der Waals surface area contributed by atoms with Crippen molar-refractivity contribution in [2.24, 2.45) is 0 Å². The molecule has 0 fully saturated rings. The molecule has 0 radical (unpaired) electrons. The quantitative estimate of drug-likeness (QED) is 0.610. The Morgan fingerprint density at radius 3 is 1.80 bits per heavy atom. The summed E-state index contributed by atoms with van der Waals surface area (Å²) in [6, 6.07) is 0. The van der Waals surface area contributed by atoms with E-state index in [4.69, 9.17) is 1.01 Å². The summed E-state index contributed by atoms with van der Waals surface area (Å²) in [6.45, 7) is 4.08. The summed E-state index contributed by atoms with van der Waals surface area (Å²) in [5, 5.41) is 0. The van der Waals surface area contributed by atoms with Crippen molar-refractivity contribution in [3.63, 3.8) is 0 Å². The predicted molar refractivity (Wildman–Crippen MR) is 16.2 cm³/mol. The van der Waals surface area contributed by atoms with Crippen LogP contribution in [0.15, 0.2) is 0 Å². The summed E-state index contributed by atoms with van der Waals surface area (Å²) in [6.07, 6.45) is 0.458. The van der Waals surface area contributed by atoms with Crippen molar-refractivity contribution >= 4 is 0 Å². The van der Waals surface area contributed by atoms with Crippen molar-refractivity contribution in [2.45, 2.75) is 20.0 Å². The zero-order valence-electron chi connectivity index (χ0n) is 3.56. The standard InChI is InChI=1S/C3H7O.Pr/c1-3(2)4;/h3H,1-2H3;/q-1;+3. The van der Waals surface area contributed by atoms with E-state index >= 15 is 0 Å². The van der Waals surface area contributed by atoms with Gasteiger partial charge in [-0.15, -0.1) is 0 Å². The van der Waals surface area contributed by atoms with E-state index in [9.17, 15) is 0 Å². The van der Waals surface area contributed by atoms with Gasteiger partial charge in [0.1, 0.15) is 0 Å². The van der Waals surface area contributed by atoms with Crippen molar-refractivity contribution in [1.82, 2.24) is 0 Å². The van der Waals surface area contributed by atoms with E-state index in [1.54, 1.807) is 0 Å². The summed E-state index contributed by atoms with van der Waals surface area (Å²) < 4.78 is 4.92. The molecule has 5 heavy (non-hydrogen) atoms. The Kier molecular flexibility index (Phi) is 4.44. The van der Waals surface area contributed by atoms with Crippen molar-refractivity contribution in [2.75, 3.05) is 0 Å². The van der Waals surface area contributed by atoms with E-state index in [-0.39, 0.29) is 0 Å². The van der Waals surface area contributed by atoms with Gasteiger partial charge in [0.15, 0.2) is 0 Å². The molecule has 0 unspecified atom stereocenters. The number of hydrogen-bond acceptors (Lipinski definition) is 1. The fourth-order valence-corrected chi connectivity index (χ4v) is 0. The van der Waals surface area contributed by atoms with Crippen LogP contribution in [0.5, 0.6) is 0 Å². The number of rotatable bonds is 1. The third-order valence-corrected chi connectivity index (χ3v) is 2.02. The van der Waals surface area contributed by atoms with Crippen molar-refractivity contribution in [3.8, 4) is 0 Å². The van der Waals surface area contributed by atoms with Gasteiger partial charge in [0.05, 0.1) is 0 Å². The van der Waals surface area contributed by atoms with Crippen LogP contribution in [0.1, 0.15) is 13.8 Å². The van der Waals surface area contributed by atoms with Gasteiger partial charge in [0.25, 0.3) is 0 Å². The Bertz CT molecular complexity index is 20.9. The molecule has 0 aromatic rings. The molecule has 26 valence electrons. The molecule has 0 amide bonds. The zero-order valence-corrected chi connectivity index (χ0v) is 7.27. The van der Waals surface area contributed by atoms with Gasteiger partial charge >= 0.3 is 60.8 Å². The van der Waals surface area contributed by atoms with Crippen LogP contribution in [-0.2, 0) is 1.01 Å². The molecule has 2 heteroatoms. The van der Waals surface area contributed by atoms with Gasteiger partial charge in [-0.25, -0.2) is 0 Å². The van der Waals surface area contributed by atoms with Crippen molar-refractivity contribution in [3.05, 3.63) is 0 Å². The maximum atomic E-state index is 4.92. The van der Waals surface area contributed by atoms with Crippen LogP contribution in [0.2, 0.25) is 0 Å². The third-order valence-electron chi connectivity index (χ3n) is 0.272. The average molecular weight is 200 g/mol. The predicted octanol–water partition coefficient (Wildman–Crippen LogP) is 0.876. The minimum absolute atomic E-state index is 0.458. The van der Waals surface area contributed by atoms with Crippen LogP contribution in [0.25, 0.3) is 0 Å². The van der Waals surface area contributed by atoms with E-state index in [0.717, 1.165) is 0 Å². The molecule has 0 saturated carbocycles. The van der Waals surface area contributed by atoms with E-state index in [1.165, 1.54) is 0 Å².